The lowest BCUT2D eigenvalue weighted by Gasteiger charge is -2.46. The Balaban J connectivity index is 1.93. The molecular weight excluding hydrogens is 378 g/mol. The highest BCUT2D eigenvalue weighted by atomic mass is 16.3. The van der Waals surface area contributed by atoms with E-state index in [2.05, 4.69) is 5.32 Å². The maximum Gasteiger partial charge on any atom is 0.258 e. The Morgan fingerprint density at radius 1 is 1.17 bits per heavy atom. The summed E-state index contributed by atoms with van der Waals surface area (Å²) < 4.78 is 0. The SMILES string of the molecule is CNC(=O)C1=C(O)C2(O)C(=O)C3=C(O)c4c(O)ccc(C)c4CC3CC2CC1=O. The van der Waals surface area contributed by atoms with Gasteiger partial charge in [0.1, 0.15) is 22.8 Å². The summed E-state index contributed by atoms with van der Waals surface area (Å²) in [5, 5.41) is 45.1. The molecule has 0 heterocycles. The molecule has 1 aromatic carbocycles. The number of aromatic hydroxyl groups is 1. The molecule has 5 N–H and O–H groups in total. The van der Waals surface area contributed by atoms with E-state index in [0.29, 0.717) is 12.0 Å². The first kappa shape index (κ1) is 19.2. The van der Waals surface area contributed by atoms with Crippen molar-refractivity contribution in [1.82, 2.24) is 5.32 Å². The van der Waals surface area contributed by atoms with E-state index in [0.717, 1.165) is 5.56 Å². The molecule has 1 fully saturated rings. The van der Waals surface area contributed by atoms with Gasteiger partial charge in [0.05, 0.1) is 5.56 Å². The number of hydrogen-bond donors (Lipinski definition) is 5. The zero-order chi connectivity index (χ0) is 21.2. The number of Topliss-reactive ketones (excluding diaryl/α,β-unsaturated/α-hetero) is 2. The van der Waals surface area contributed by atoms with E-state index in [-0.39, 0.29) is 29.7 Å². The van der Waals surface area contributed by atoms with Crippen molar-refractivity contribution in [2.45, 2.75) is 31.8 Å². The Hall–Kier alpha value is -3.13. The minimum atomic E-state index is -2.48. The van der Waals surface area contributed by atoms with Crippen molar-refractivity contribution in [2.75, 3.05) is 7.05 Å². The summed E-state index contributed by atoms with van der Waals surface area (Å²) in [7, 11) is 1.27. The second-order valence-corrected chi connectivity index (χ2v) is 7.88. The van der Waals surface area contributed by atoms with Crippen molar-refractivity contribution in [3.05, 3.63) is 45.7 Å². The lowest BCUT2D eigenvalue weighted by molar-refractivity contribution is -0.147. The number of hydrogen-bond acceptors (Lipinski definition) is 7. The molecule has 8 heteroatoms. The third-order valence-corrected chi connectivity index (χ3v) is 6.39. The van der Waals surface area contributed by atoms with Crippen molar-refractivity contribution in [3.63, 3.8) is 0 Å². The van der Waals surface area contributed by atoms with Crippen molar-refractivity contribution < 1.29 is 34.8 Å². The standard InChI is InChI=1S/C21H21NO7/c1-8-3-4-12(23)15-11(8)6-9-5-10-7-13(24)16(20(28)22-2)19(27)21(10,29)18(26)14(9)17(15)25/h3-4,9-10,23,25,27,29H,5-7H2,1-2H3,(H,22,28). The van der Waals surface area contributed by atoms with Gasteiger partial charge in [-0.1, -0.05) is 6.07 Å². The number of aliphatic hydroxyl groups is 3. The average Bonchev–Trinajstić information content (AvgIpc) is 2.67. The molecule has 1 aromatic rings. The van der Waals surface area contributed by atoms with Gasteiger partial charge in [-0.3, -0.25) is 14.4 Å². The van der Waals surface area contributed by atoms with Gasteiger partial charge in [0.15, 0.2) is 11.4 Å². The lowest BCUT2D eigenvalue weighted by Crippen LogP contribution is -2.58. The van der Waals surface area contributed by atoms with Gasteiger partial charge in [0.2, 0.25) is 5.78 Å². The van der Waals surface area contributed by atoms with Gasteiger partial charge in [-0.25, -0.2) is 0 Å². The van der Waals surface area contributed by atoms with Crippen LogP contribution in [0.15, 0.2) is 29.0 Å². The van der Waals surface area contributed by atoms with Crippen LogP contribution in [0.25, 0.3) is 5.76 Å². The molecule has 0 saturated heterocycles. The molecule has 1 saturated carbocycles. The highest BCUT2D eigenvalue weighted by Crippen LogP contribution is 2.52. The Morgan fingerprint density at radius 3 is 2.52 bits per heavy atom. The second kappa shape index (κ2) is 6.18. The van der Waals surface area contributed by atoms with Crippen LogP contribution < -0.4 is 5.32 Å². The monoisotopic (exact) mass is 399 g/mol. The number of benzene rings is 1. The van der Waals surface area contributed by atoms with Crippen LogP contribution in [-0.2, 0) is 20.8 Å². The number of phenols is 1. The van der Waals surface area contributed by atoms with Crippen LogP contribution >= 0.6 is 0 Å². The van der Waals surface area contributed by atoms with Crippen LogP contribution in [0.4, 0.5) is 0 Å². The van der Waals surface area contributed by atoms with Crippen LogP contribution in [0.3, 0.4) is 0 Å². The fourth-order valence-electron chi connectivity index (χ4n) is 4.88. The van der Waals surface area contributed by atoms with E-state index >= 15 is 0 Å². The van der Waals surface area contributed by atoms with Crippen LogP contribution in [0.2, 0.25) is 0 Å². The molecule has 0 bridgehead atoms. The van der Waals surface area contributed by atoms with Crippen LogP contribution in [0, 0.1) is 18.8 Å². The molecule has 0 radical (unpaired) electrons. The number of likely N-dealkylation sites (N-methyl/N-ethyl adjacent to an activating group) is 1. The zero-order valence-corrected chi connectivity index (χ0v) is 15.9. The minimum Gasteiger partial charge on any atom is -0.508 e. The molecule has 3 unspecified atom stereocenters. The quantitative estimate of drug-likeness (QED) is 0.443. The first-order chi connectivity index (χ1) is 13.6. The highest BCUT2D eigenvalue weighted by molar-refractivity contribution is 6.23. The van der Waals surface area contributed by atoms with E-state index in [1.807, 2.05) is 6.92 Å². The second-order valence-electron chi connectivity index (χ2n) is 7.88. The number of aliphatic hydroxyl groups excluding tert-OH is 2. The number of nitrogens with one attached hydrogen (secondary N) is 1. The van der Waals surface area contributed by atoms with Gasteiger partial charge < -0.3 is 25.7 Å². The third kappa shape index (κ3) is 2.38. The smallest absolute Gasteiger partial charge is 0.258 e. The zero-order valence-electron chi connectivity index (χ0n) is 15.9. The van der Waals surface area contributed by atoms with Crippen molar-refractivity contribution in [2.24, 2.45) is 11.8 Å². The first-order valence-electron chi connectivity index (χ1n) is 9.33. The topological polar surface area (TPSA) is 144 Å². The molecule has 4 rings (SSSR count). The minimum absolute atomic E-state index is 0.102. The van der Waals surface area contributed by atoms with Gasteiger partial charge in [0, 0.05) is 25.0 Å². The number of aryl methyl sites for hydroxylation is 1. The van der Waals surface area contributed by atoms with Gasteiger partial charge in [0.25, 0.3) is 5.91 Å². The average molecular weight is 399 g/mol. The summed E-state index contributed by atoms with van der Waals surface area (Å²) in [6, 6.07) is 3.12. The molecule has 3 atom stereocenters. The number of phenolic OH excluding ortho intramolecular Hbond substituents is 1. The molecular formula is C21H21NO7. The van der Waals surface area contributed by atoms with Gasteiger partial charge in [-0.05, 0) is 42.9 Å². The fraction of sp³-hybridized carbons (Fsp3) is 0.381. The van der Waals surface area contributed by atoms with Crippen LogP contribution in [0.1, 0.15) is 29.5 Å². The fourth-order valence-corrected chi connectivity index (χ4v) is 4.88. The Morgan fingerprint density at radius 2 is 1.86 bits per heavy atom. The predicted molar refractivity (Wildman–Crippen MR) is 101 cm³/mol. The Bertz CT molecular complexity index is 1050. The van der Waals surface area contributed by atoms with E-state index < -0.39 is 52.0 Å². The molecule has 0 aromatic heterocycles. The number of ketones is 2. The first-order valence-corrected chi connectivity index (χ1v) is 9.33. The Kier molecular flexibility index (Phi) is 4.09. The number of fused-ring (bicyclic) bond motifs is 3. The van der Waals surface area contributed by atoms with Crippen LogP contribution in [0.5, 0.6) is 5.75 Å². The highest BCUT2D eigenvalue weighted by Gasteiger charge is 2.60. The predicted octanol–water partition coefficient (Wildman–Crippen LogP) is 0.993. The van der Waals surface area contributed by atoms with Crippen molar-refractivity contribution >= 4 is 23.2 Å². The van der Waals surface area contributed by atoms with Gasteiger partial charge >= 0.3 is 0 Å². The number of rotatable bonds is 1. The summed E-state index contributed by atoms with van der Waals surface area (Å²) in [4.78, 5) is 37.8. The number of carbonyl (C=O) groups is 3. The molecule has 8 nitrogen and oxygen atoms in total. The van der Waals surface area contributed by atoms with Crippen molar-refractivity contribution in [3.8, 4) is 5.75 Å². The molecule has 29 heavy (non-hydrogen) atoms. The summed E-state index contributed by atoms with van der Waals surface area (Å²) in [6.07, 6.45) is 0.229. The largest absolute Gasteiger partial charge is 0.508 e. The van der Waals surface area contributed by atoms with Crippen LogP contribution in [-0.4, -0.2) is 50.5 Å². The summed E-state index contributed by atoms with van der Waals surface area (Å²) in [5.41, 5.74) is -1.56. The molecule has 3 aliphatic rings. The van der Waals surface area contributed by atoms with E-state index in [9.17, 15) is 34.8 Å². The molecule has 3 aliphatic carbocycles. The maximum atomic E-state index is 13.3. The van der Waals surface area contributed by atoms with E-state index in [1.165, 1.54) is 13.1 Å². The molecule has 1 amide bonds. The molecule has 0 spiro atoms. The molecule has 0 aliphatic heterocycles. The maximum absolute atomic E-state index is 13.3. The summed E-state index contributed by atoms with van der Waals surface area (Å²) in [6.45, 7) is 1.83. The van der Waals surface area contributed by atoms with Gasteiger partial charge in [-0.2, -0.15) is 0 Å². The number of amides is 1. The summed E-state index contributed by atoms with van der Waals surface area (Å²) >= 11 is 0. The normalized spacial score (nSPS) is 28.7. The summed E-state index contributed by atoms with van der Waals surface area (Å²) in [5.74, 6) is -5.52. The van der Waals surface area contributed by atoms with Gasteiger partial charge in [-0.15, -0.1) is 0 Å². The lowest BCUT2D eigenvalue weighted by atomic mass is 9.59. The van der Waals surface area contributed by atoms with E-state index in [4.69, 9.17) is 0 Å². The third-order valence-electron chi connectivity index (χ3n) is 6.39. The van der Waals surface area contributed by atoms with E-state index in [1.54, 1.807) is 6.07 Å². The molecule has 152 valence electrons. The number of carbonyl (C=O) groups excluding carboxylic acids is 3. The van der Waals surface area contributed by atoms with Crippen molar-refractivity contribution in [1.29, 1.82) is 0 Å². The Labute approximate surface area is 166 Å².